The molecule has 0 atom stereocenters. The number of nitrogens with one attached hydrogen (secondary N) is 2. The molecule has 0 fully saturated rings. The first-order valence-corrected chi connectivity index (χ1v) is 9.45. The zero-order valence-electron chi connectivity index (χ0n) is 16.8. The van der Waals surface area contributed by atoms with Crippen molar-refractivity contribution in [3.05, 3.63) is 78.1 Å². The van der Waals surface area contributed by atoms with Crippen molar-refractivity contribution in [3.8, 4) is 11.5 Å². The van der Waals surface area contributed by atoms with Crippen molar-refractivity contribution in [3.63, 3.8) is 0 Å². The number of carbonyl (C=O) groups is 1. The topological polar surface area (TPSA) is 72.5 Å². The Hall–Kier alpha value is -3.54. The fourth-order valence-corrected chi connectivity index (χ4v) is 2.80. The fourth-order valence-electron chi connectivity index (χ4n) is 2.80. The number of nitrogens with zero attached hydrogens (tertiary/aromatic N) is 1. The van der Waals surface area contributed by atoms with E-state index in [1.54, 1.807) is 19.4 Å². The van der Waals surface area contributed by atoms with E-state index in [4.69, 9.17) is 9.47 Å². The Morgan fingerprint density at radius 1 is 1.03 bits per heavy atom. The maximum atomic E-state index is 12.5. The molecule has 6 nitrogen and oxygen atoms in total. The Morgan fingerprint density at radius 2 is 1.79 bits per heavy atom. The van der Waals surface area contributed by atoms with Crippen molar-refractivity contribution in [2.75, 3.05) is 12.4 Å². The lowest BCUT2D eigenvalue weighted by Gasteiger charge is -2.12. The first-order valence-electron chi connectivity index (χ1n) is 9.45. The lowest BCUT2D eigenvalue weighted by molar-refractivity contribution is 0.0945. The van der Waals surface area contributed by atoms with Crippen molar-refractivity contribution < 1.29 is 14.3 Å². The zero-order valence-corrected chi connectivity index (χ0v) is 16.8. The molecule has 2 N–H and O–H groups in total. The summed E-state index contributed by atoms with van der Waals surface area (Å²) < 4.78 is 11.0. The van der Waals surface area contributed by atoms with Crippen molar-refractivity contribution in [1.29, 1.82) is 0 Å². The van der Waals surface area contributed by atoms with Gasteiger partial charge in [0.25, 0.3) is 5.91 Å². The predicted molar refractivity (Wildman–Crippen MR) is 114 cm³/mol. The lowest BCUT2D eigenvalue weighted by Crippen LogP contribution is -2.24. The van der Waals surface area contributed by atoms with Crippen LogP contribution in [0.4, 0.5) is 11.4 Å². The quantitative estimate of drug-likeness (QED) is 0.589. The Labute approximate surface area is 170 Å². The smallest absolute Gasteiger partial charge is 0.270 e. The summed E-state index contributed by atoms with van der Waals surface area (Å²) in [7, 11) is 1.61. The number of amides is 1. The molecule has 1 amide bonds. The summed E-state index contributed by atoms with van der Waals surface area (Å²) in [5.74, 6) is 1.30. The molecular weight excluding hydrogens is 366 g/mol. The molecule has 1 heterocycles. The van der Waals surface area contributed by atoms with E-state index in [0.29, 0.717) is 12.2 Å². The number of ether oxygens (including phenoxy) is 2. The van der Waals surface area contributed by atoms with Crippen molar-refractivity contribution in [2.45, 2.75) is 26.5 Å². The number of methoxy groups -OCH3 is 1. The number of anilines is 2. The Kier molecular flexibility index (Phi) is 6.68. The average molecular weight is 391 g/mol. The molecule has 0 aliphatic rings. The van der Waals surface area contributed by atoms with E-state index in [2.05, 4.69) is 15.6 Å². The summed E-state index contributed by atoms with van der Waals surface area (Å²) in [4.78, 5) is 16.7. The third-order valence-corrected chi connectivity index (χ3v) is 4.14. The van der Waals surface area contributed by atoms with Crippen LogP contribution in [-0.2, 0) is 6.54 Å². The minimum atomic E-state index is -0.250. The van der Waals surface area contributed by atoms with Crippen LogP contribution in [0, 0.1) is 0 Å². The van der Waals surface area contributed by atoms with Crippen LogP contribution in [0.3, 0.4) is 0 Å². The Bertz CT molecular complexity index is 956. The standard InChI is InChI=1S/C23H25N3O3/c1-16(2)29-20-10-8-18(9-11-20)26-19-12-13-24-21(14-19)23(27)25-15-17-6-4-5-7-22(17)28-3/h4-14,16H,15H2,1-3H3,(H,24,26)(H,25,27). The molecule has 1 aromatic heterocycles. The maximum absolute atomic E-state index is 12.5. The van der Waals surface area contributed by atoms with Crippen LogP contribution in [0.5, 0.6) is 11.5 Å². The van der Waals surface area contributed by atoms with Gasteiger partial charge in [-0.2, -0.15) is 0 Å². The predicted octanol–water partition coefficient (Wildman–Crippen LogP) is 4.55. The summed E-state index contributed by atoms with van der Waals surface area (Å²) in [6, 6.07) is 18.8. The Morgan fingerprint density at radius 3 is 2.52 bits per heavy atom. The van der Waals surface area contributed by atoms with Crippen molar-refractivity contribution in [1.82, 2.24) is 10.3 Å². The number of hydrogen-bond acceptors (Lipinski definition) is 5. The number of benzene rings is 2. The number of para-hydroxylation sites is 1. The van der Waals surface area contributed by atoms with E-state index < -0.39 is 0 Å². The van der Waals surface area contributed by atoms with Gasteiger partial charge in [0.05, 0.1) is 13.2 Å². The molecule has 0 radical (unpaired) electrons. The zero-order chi connectivity index (χ0) is 20.6. The molecule has 3 rings (SSSR count). The van der Waals surface area contributed by atoms with Gasteiger partial charge in [0, 0.05) is 29.7 Å². The third kappa shape index (κ3) is 5.72. The number of carbonyl (C=O) groups excluding carboxylic acids is 1. The molecular formula is C23H25N3O3. The van der Waals surface area contributed by atoms with Gasteiger partial charge in [0.2, 0.25) is 0 Å². The van der Waals surface area contributed by atoms with E-state index in [0.717, 1.165) is 28.4 Å². The first-order chi connectivity index (χ1) is 14.0. The summed E-state index contributed by atoms with van der Waals surface area (Å²) in [5.41, 5.74) is 2.92. The van der Waals surface area contributed by atoms with Crippen LogP contribution in [0.1, 0.15) is 29.9 Å². The van der Waals surface area contributed by atoms with Gasteiger partial charge < -0.3 is 20.1 Å². The summed E-state index contributed by atoms with van der Waals surface area (Å²) in [6.07, 6.45) is 1.74. The van der Waals surface area contributed by atoms with Gasteiger partial charge in [-0.1, -0.05) is 18.2 Å². The van der Waals surface area contributed by atoms with Crippen LogP contribution in [-0.4, -0.2) is 24.1 Å². The summed E-state index contributed by atoms with van der Waals surface area (Å²) >= 11 is 0. The SMILES string of the molecule is COc1ccccc1CNC(=O)c1cc(Nc2ccc(OC(C)C)cc2)ccn1. The maximum Gasteiger partial charge on any atom is 0.270 e. The van der Waals surface area contributed by atoms with Gasteiger partial charge in [-0.15, -0.1) is 0 Å². The molecule has 150 valence electrons. The van der Waals surface area contributed by atoms with Gasteiger partial charge in [-0.05, 0) is 56.3 Å². The molecule has 0 aliphatic carbocycles. The van der Waals surface area contributed by atoms with Gasteiger partial charge in [-0.3, -0.25) is 9.78 Å². The molecule has 0 unspecified atom stereocenters. The molecule has 0 saturated carbocycles. The van der Waals surface area contributed by atoms with Crippen LogP contribution >= 0.6 is 0 Å². The third-order valence-electron chi connectivity index (χ3n) is 4.14. The van der Waals surface area contributed by atoms with Crippen molar-refractivity contribution >= 4 is 17.3 Å². The monoisotopic (exact) mass is 391 g/mol. The minimum absolute atomic E-state index is 0.130. The van der Waals surface area contributed by atoms with Crippen LogP contribution in [0.15, 0.2) is 66.9 Å². The highest BCUT2D eigenvalue weighted by atomic mass is 16.5. The van der Waals surface area contributed by atoms with E-state index in [-0.39, 0.29) is 12.0 Å². The summed E-state index contributed by atoms with van der Waals surface area (Å²) in [6.45, 7) is 4.34. The second-order valence-corrected chi connectivity index (χ2v) is 6.74. The molecule has 0 aliphatic heterocycles. The summed E-state index contributed by atoms with van der Waals surface area (Å²) in [5, 5.41) is 6.16. The second kappa shape index (κ2) is 9.59. The van der Waals surface area contributed by atoms with Crippen LogP contribution in [0.25, 0.3) is 0 Å². The molecule has 0 saturated heterocycles. The van der Waals surface area contributed by atoms with Gasteiger partial charge in [0.1, 0.15) is 17.2 Å². The van der Waals surface area contributed by atoms with Gasteiger partial charge >= 0.3 is 0 Å². The normalized spacial score (nSPS) is 10.5. The van der Waals surface area contributed by atoms with Crippen LogP contribution < -0.4 is 20.1 Å². The molecule has 6 heteroatoms. The first kappa shape index (κ1) is 20.2. The molecule has 0 bridgehead atoms. The van der Waals surface area contributed by atoms with Gasteiger partial charge in [0.15, 0.2) is 0 Å². The van der Waals surface area contributed by atoms with E-state index in [1.165, 1.54) is 0 Å². The highest BCUT2D eigenvalue weighted by Gasteiger charge is 2.10. The lowest BCUT2D eigenvalue weighted by atomic mass is 10.2. The van der Waals surface area contributed by atoms with E-state index in [1.807, 2.05) is 68.4 Å². The van der Waals surface area contributed by atoms with E-state index >= 15 is 0 Å². The molecule has 3 aromatic rings. The number of rotatable bonds is 8. The average Bonchev–Trinajstić information content (AvgIpc) is 2.73. The highest BCUT2D eigenvalue weighted by molar-refractivity contribution is 5.93. The number of hydrogen-bond donors (Lipinski definition) is 2. The number of pyridine rings is 1. The minimum Gasteiger partial charge on any atom is -0.496 e. The van der Waals surface area contributed by atoms with Gasteiger partial charge in [-0.25, -0.2) is 0 Å². The number of aromatic nitrogens is 1. The van der Waals surface area contributed by atoms with E-state index in [9.17, 15) is 4.79 Å². The molecule has 0 spiro atoms. The largest absolute Gasteiger partial charge is 0.496 e. The molecule has 2 aromatic carbocycles. The van der Waals surface area contributed by atoms with Crippen LogP contribution in [0.2, 0.25) is 0 Å². The highest BCUT2D eigenvalue weighted by Crippen LogP contribution is 2.21. The second-order valence-electron chi connectivity index (χ2n) is 6.74. The fraction of sp³-hybridized carbons (Fsp3) is 0.217. The van der Waals surface area contributed by atoms with Crippen molar-refractivity contribution in [2.24, 2.45) is 0 Å². The Balaban J connectivity index is 1.63. The molecule has 29 heavy (non-hydrogen) atoms.